The van der Waals surface area contributed by atoms with Crippen molar-refractivity contribution in [2.45, 2.75) is 6.92 Å². The normalized spacial score (nSPS) is 11.9. The molecule has 5 aromatic rings. The second kappa shape index (κ2) is 4.08. The van der Waals surface area contributed by atoms with Gasteiger partial charge < -0.3 is 0 Å². The maximum absolute atomic E-state index is 4.89. The van der Waals surface area contributed by atoms with Crippen molar-refractivity contribution in [2.24, 2.45) is 0 Å². The van der Waals surface area contributed by atoms with Crippen molar-refractivity contribution in [1.29, 1.82) is 0 Å². The molecule has 0 amide bonds. The molecule has 0 aliphatic rings. The van der Waals surface area contributed by atoms with E-state index in [9.17, 15) is 0 Å². The molecule has 0 aliphatic heterocycles. The lowest BCUT2D eigenvalue weighted by atomic mass is 9.98. The van der Waals surface area contributed by atoms with Crippen LogP contribution in [-0.4, -0.2) is 9.38 Å². The number of fused-ring (bicyclic) bond motifs is 8. The van der Waals surface area contributed by atoms with Gasteiger partial charge in [0.15, 0.2) is 0 Å². The Morgan fingerprint density at radius 2 is 1.55 bits per heavy atom. The van der Waals surface area contributed by atoms with Gasteiger partial charge in [0.2, 0.25) is 0 Å². The van der Waals surface area contributed by atoms with Crippen LogP contribution in [0.15, 0.2) is 66.9 Å². The Morgan fingerprint density at radius 1 is 0.773 bits per heavy atom. The van der Waals surface area contributed by atoms with Crippen LogP contribution in [-0.2, 0) is 0 Å². The topological polar surface area (TPSA) is 17.3 Å². The van der Waals surface area contributed by atoms with Gasteiger partial charge in [0, 0.05) is 17.0 Å². The molecule has 104 valence electrons. The van der Waals surface area contributed by atoms with Crippen LogP contribution in [0.5, 0.6) is 0 Å². The van der Waals surface area contributed by atoms with E-state index in [1.807, 2.05) is 6.07 Å². The first-order valence-electron chi connectivity index (χ1n) is 7.51. The van der Waals surface area contributed by atoms with Crippen molar-refractivity contribution in [1.82, 2.24) is 9.38 Å². The van der Waals surface area contributed by atoms with Gasteiger partial charge in [0.05, 0.1) is 11.0 Å². The lowest BCUT2D eigenvalue weighted by molar-refractivity contribution is 1.23. The summed E-state index contributed by atoms with van der Waals surface area (Å²) in [5.41, 5.74) is 4.56. The van der Waals surface area contributed by atoms with Crippen molar-refractivity contribution in [3.63, 3.8) is 0 Å². The number of hydrogen-bond donors (Lipinski definition) is 0. The highest BCUT2D eigenvalue weighted by atomic mass is 15.0. The standard InChI is InChI=1S/C20H14N2/c1-13-9-10-15-14-6-2-3-7-16(14)19-20(17(15)12-13)22-11-5-4-8-18(22)21-19/h2-12H,1H3. The molecule has 0 unspecified atom stereocenters. The van der Waals surface area contributed by atoms with Crippen LogP contribution < -0.4 is 0 Å². The summed E-state index contributed by atoms with van der Waals surface area (Å²) >= 11 is 0. The Kier molecular flexibility index (Phi) is 2.18. The van der Waals surface area contributed by atoms with Crippen LogP contribution in [0.1, 0.15) is 5.56 Å². The quantitative estimate of drug-likeness (QED) is 0.361. The molecule has 22 heavy (non-hydrogen) atoms. The summed E-state index contributed by atoms with van der Waals surface area (Å²) < 4.78 is 2.20. The number of hydrogen-bond acceptors (Lipinski definition) is 1. The maximum atomic E-state index is 4.89. The third-order valence-electron chi connectivity index (χ3n) is 4.43. The average Bonchev–Trinajstić information content (AvgIpc) is 2.95. The molecule has 0 spiro atoms. The number of aryl methyl sites for hydroxylation is 1. The number of aromatic nitrogens is 2. The summed E-state index contributed by atoms with van der Waals surface area (Å²) in [6.07, 6.45) is 2.10. The van der Waals surface area contributed by atoms with Crippen molar-refractivity contribution in [3.8, 4) is 0 Å². The lowest BCUT2D eigenvalue weighted by Crippen LogP contribution is -1.86. The Labute approximate surface area is 127 Å². The zero-order valence-corrected chi connectivity index (χ0v) is 12.2. The molecule has 0 saturated heterocycles. The summed E-state index contributed by atoms with van der Waals surface area (Å²) in [5, 5.41) is 5.05. The minimum atomic E-state index is 0.997. The van der Waals surface area contributed by atoms with Crippen LogP contribution in [0.4, 0.5) is 0 Å². The largest absolute Gasteiger partial charge is 0.299 e. The zero-order valence-electron chi connectivity index (χ0n) is 12.2. The van der Waals surface area contributed by atoms with Gasteiger partial charge in [0.1, 0.15) is 5.65 Å². The molecule has 2 heteroatoms. The predicted molar refractivity (Wildman–Crippen MR) is 92.4 cm³/mol. The molecule has 0 saturated carbocycles. The molecular weight excluding hydrogens is 268 g/mol. The van der Waals surface area contributed by atoms with E-state index in [4.69, 9.17) is 4.98 Å². The van der Waals surface area contributed by atoms with Crippen LogP contribution in [0.25, 0.3) is 38.2 Å². The van der Waals surface area contributed by atoms with Gasteiger partial charge in [-0.1, -0.05) is 48.0 Å². The van der Waals surface area contributed by atoms with E-state index >= 15 is 0 Å². The van der Waals surface area contributed by atoms with Gasteiger partial charge in [0.25, 0.3) is 0 Å². The Bertz CT molecular complexity index is 1180. The minimum Gasteiger partial charge on any atom is -0.299 e. The van der Waals surface area contributed by atoms with E-state index in [1.54, 1.807) is 0 Å². The molecule has 0 radical (unpaired) electrons. The van der Waals surface area contributed by atoms with Crippen molar-refractivity contribution >= 4 is 38.2 Å². The summed E-state index contributed by atoms with van der Waals surface area (Å²) in [6, 6.07) is 21.4. The Hall–Kier alpha value is -2.87. The third-order valence-corrected chi connectivity index (χ3v) is 4.43. The van der Waals surface area contributed by atoms with E-state index in [0.29, 0.717) is 0 Å². The number of imidazole rings is 1. The second-order valence-electron chi connectivity index (χ2n) is 5.83. The fourth-order valence-electron chi connectivity index (χ4n) is 3.45. The van der Waals surface area contributed by atoms with Crippen molar-refractivity contribution in [3.05, 3.63) is 72.4 Å². The van der Waals surface area contributed by atoms with Crippen LogP contribution >= 0.6 is 0 Å². The number of nitrogens with zero attached hydrogens (tertiary/aromatic N) is 2. The van der Waals surface area contributed by atoms with Gasteiger partial charge in [-0.25, -0.2) is 4.98 Å². The van der Waals surface area contributed by atoms with Crippen LogP contribution in [0.2, 0.25) is 0 Å². The Morgan fingerprint density at radius 3 is 2.45 bits per heavy atom. The molecule has 0 N–H and O–H groups in total. The first kappa shape index (κ1) is 11.8. The van der Waals surface area contributed by atoms with E-state index in [2.05, 4.69) is 72.1 Å². The predicted octanol–water partition coefficient (Wildman–Crippen LogP) is 5.10. The molecule has 2 heterocycles. The summed E-state index contributed by atoms with van der Waals surface area (Å²) in [5.74, 6) is 0. The first-order chi connectivity index (χ1) is 10.8. The first-order valence-corrected chi connectivity index (χ1v) is 7.51. The van der Waals surface area contributed by atoms with Gasteiger partial charge >= 0.3 is 0 Å². The second-order valence-corrected chi connectivity index (χ2v) is 5.83. The van der Waals surface area contributed by atoms with Crippen molar-refractivity contribution in [2.75, 3.05) is 0 Å². The molecule has 0 aliphatic carbocycles. The number of rotatable bonds is 0. The number of pyridine rings is 1. The lowest BCUT2D eigenvalue weighted by Gasteiger charge is -2.08. The fraction of sp³-hybridized carbons (Fsp3) is 0.0500. The van der Waals surface area contributed by atoms with E-state index in [0.717, 1.165) is 11.2 Å². The minimum absolute atomic E-state index is 0.997. The van der Waals surface area contributed by atoms with Crippen molar-refractivity contribution < 1.29 is 0 Å². The van der Waals surface area contributed by atoms with E-state index in [-0.39, 0.29) is 0 Å². The van der Waals surface area contributed by atoms with E-state index in [1.165, 1.54) is 32.6 Å². The highest BCUT2D eigenvalue weighted by molar-refractivity contribution is 6.24. The highest BCUT2D eigenvalue weighted by Gasteiger charge is 2.13. The molecule has 0 bridgehead atoms. The smallest absolute Gasteiger partial charge is 0.137 e. The van der Waals surface area contributed by atoms with Crippen LogP contribution in [0.3, 0.4) is 0 Å². The number of benzene rings is 3. The average molecular weight is 282 g/mol. The molecule has 2 aromatic heterocycles. The molecule has 5 rings (SSSR count). The van der Waals surface area contributed by atoms with Gasteiger partial charge in [-0.2, -0.15) is 0 Å². The molecule has 0 atom stereocenters. The summed E-state index contributed by atoms with van der Waals surface area (Å²) in [6.45, 7) is 2.14. The van der Waals surface area contributed by atoms with Crippen LogP contribution in [0, 0.1) is 6.92 Å². The highest BCUT2D eigenvalue weighted by Crippen LogP contribution is 2.35. The van der Waals surface area contributed by atoms with Gasteiger partial charge in [-0.05, 0) is 35.9 Å². The molecule has 0 fully saturated rings. The maximum Gasteiger partial charge on any atom is 0.137 e. The molecule has 3 aromatic carbocycles. The third kappa shape index (κ3) is 1.41. The van der Waals surface area contributed by atoms with Gasteiger partial charge in [-0.15, -0.1) is 0 Å². The Balaban J connectivity index is 2.23. The SMILES string of the molecule is Cc1ccc2c3ccccc3c3nc4ccccn4c3c2c1. The summed E-state index contributed by atoms with van der Waals surface area (Å²) in [4.78, 5) is 4.89. The molecule has 2 nitrogen and oxygen atoms in total. The fourth-order valence-corrected chi connectivity index (χ4v) is 3.45. The van der Waals surface area contributed by atoms with Gasteiger partial charge in [-0.3, -0.25) is 4.40 Å². The monoisotopic (exact) mass is 282 g/mol. The zero-order chi connectivity index (χ0) is 14.7. The summed E-state index contributed by atoms with van der Waals surface area (Å²) in [7, 11) is 0. The molecular formula is C20H14N2. The van der Waals surface area contributed by atoms with E-state index < -0.39 is 0 Å².